The first-order valence-electron chi connectivity index (χ1n) is 5.70. The predicted octanol–water partition coefficient (Wildman–Crippen LogP) is 2.73. The van der Waals surface area contributed by atoms with Gasteiger partial charge in [0, 0.05) is 23.0 Å². The number of imidazole rings is 1. The van der Waals surface area contributed by atoms with Gasteiger partial charge in [-0.3, -0.25) is 9.20 Å². The van der Waals surface area contributed by atoms with Gasteiger partial charge in [0.15, 0.2) is 5.82 Å². The summed E-state index contributed by atoms with van der Waals surface area (Å²) >= 11 is 5.83. The Labute approximate surface area is 116 Å². The van der Waals surface area contributed by atoms with Gasteiger partial charge in [-0.1, -0.05) is 11.6 Å². The Bertz CT molecular complexity index is 885. The van der Waals surface area contributed by atoms with Crippen LogP contribution in [0.15, 0.2) is 35.4 Å². The second kappa shape index (κ2) is 4.42. The molecule has 0 radical (unpaired) electrons. The SMILES string of the molecule is Cc1c(Cl)ccc(-n2c(=O)cc(F)n3ccnc23)c1F. The highest BCUT2D eigenvalue weighted by Crippen LogP contribution is 2.24. The van der Waals surface area contributed by atoms with Crippen LogP contribution < -0.4 is 5.56 Å². The second-order valence-corrected chi connectivity index (χ2v) is 4.65. The van der Waals surface area contributed by atoms with Crippen molar-refractivity contribution < 1.29 is 8.78 Å². The molecule has 0 amide bonds. The van der Waals surface area contributed by atoms with Crippen LogP contribution in [-0.4, -0.2) is 14.0 Å². The maximum Gasteiger partial charge on any atom is 0.262 e. The van der Waals surface area contributed by atoms with Crippen molar-refractivity contribution in [3.05, 3.63) is 63.3 Å². The van der Waals surface area contributed by atoms with Crippen LogP contribution in [0, 0.1) is 18.7 Å². The van der Waals surface area contributed by atoms with Crippen LogP contribution in [0.3, 0.4) is 0 Å². The molecule has 102 valence electrons. The van der Waals surface area contributed by atoms with Crippen molar-refractivity contribution in [3.8, 4) is 5.69 Å². The maximum atomic E-state index is 14.3. The number of aromatic nitrogens is 3. The normalized spacial score (nSPS) is 11.2. The summed E-state index contributed by atoms with van der Waals surface area (Å²) in [7, 11) is 0. The van der Waals surface area contributed by atoms with Gasteiger partial charge in [0.25, 0.3) is 5.56 Å². The summed E-state index contributed by atoms with van der Waals surface area (Å²) in [6, 6.07) is 3.61. The lowest BCUT2D eigenvalue weighted by Crippen LogP contribution is -2.22. The van der Waals surface area contributed by atoms with Crippen molar-refractivity contribution in [1.29, 1.82) is 0 Å². The average Bonchev–Trinajstić information content (AvgIpc) is 2.88. The third-order valence-corrected chi connectivity index (χ3v) is 3.46. The van der Waals surface area contributed by atoms with Crippen LogP contribution >= 0.6 is 11.6 Å². The summed E-state index contributed by atoms with van der Waals surface area (Å²) in [4.78, 5) is 15.9. The fraction of sp³-hybridized carbons (Fsp3) is 0.0769. The maximum absolute atomic E-state index is 14.3. The quantitative estimate of drug-likeness (QED) is 0.648. The highest BCUT2D eigenvalue weighted by atomic mass is 35.5. The third-order valence-electron chi connectivity index (χ3n) is 3.06. The van der Waals surface area contributed by atoms with Gasteiger partial charge < -0.3 is 0 Å². The first-order valence-corrected chi connectivity index (χ1v) is 6.08. The fourth-order valence-electron chi connectivity index (χ4n) is 2.01. The molecule has 0 aliphatic rings. The van der Waals surface area contributed by atoms with Crippen LogP contribution in [0.2, 0.25) is 5.02 Å². The Morgan fingerprint density at radius 2 is 2.05 bits per heavy atom. The molecule has 20 heavy (non-hydrogen) atoms. The molecule has 0 atom stereocenters. The van der Waals surface area contributed by atoms with Gasteiger partial charge in [0.05, 0.1) is 11.8 Å². The number of rotatable bonds is 1. The summed E-state index contributed by atoms with van der Waals surface area (Å²) in [5.74, 6) is -1.41. The highest BCUT2D eigenvalue weighted by Gasteiger charge is 2.16. The smallest absolute Gasteiger partial charge is 0.262 e. The van der Waals surface area contributed by atoms with Gasteiger partial charge >= 0.3 is 0 Å². The number of nitrogens with zero attached hydrogens (tertiary/aromatic N) is 3. The molecule has 0 saturated heterocycles. The summed E-state index contributed by atoms with van der Waals surface area (Å²) in [6.45, 7) is 1.50. The molecule has 4 nitrogen and oxygen atoms in total. The van der Waals surface area contributed by atoms with Gasteiger partial charge in [0.2, 0.25) is 11.7 Å². The van der Waals surface area contributed by atoms with Crippen LogP contribution in [0.5, 0.6) is 0 Å². The van der Waals surface area contributed by atoms with E-state index >= 15 is 0 Å². The van der Waals surface area contributed by atoms with Crippen molar-refractivity contribution >= 4 is 17.4 Å². The van der Waals surface area contributed by atoms with E-state index in [0.29, 0.717) is 0 Å². The van der Waals surface area contributed by atoms with Crippen LogP contribution in [0.25, 0.3) is 11.5 Å². The predicted molar refractivity (Wildman–Crippen MR) is 70.5 cm³/mol. The summed E-state index contributed by atoms with van der Waals surface area (Å²) in [6.07, 6.45) is 2.68. The van der Waals surface area contributed by atoms with Gasteiger partial charge in [-0.15, -0.1) is 0 Å². The molecule has 0 spiro atoms. The lowest BCUT2D eigenvalue weighted by molar-refractivity contribution is 0.554. The molecule has 0 N–H and O–H groups in total. The molecular formula is C13H8ClF2N3O. The minimum atomic E-state index is -0.759. The van der Waals surface area contributed by atoms with Gasteiger partial charge in [0.1, 0.15) is 0 Å². The van der Waals surface area contributed by atoms with Crippen LogP contribution in [-0.2, 0) is 0 Å². The minimum Gasteiger partial charge on any atom is -0.269 e. The Balaban J connectivity index is 2.44. The van der Waals surface area contributed by atoms with E-state index in [9.17, 15) is 13.6 Å². The number of benzene rings is 1. The molecule has 3 aromatic rings. The lowest BCUT2D eigenvalue weighted by atomic mass is 10.2. The van der Waals surface area contributed by atoms with Crippen LogP contribution in [0.4, 0.5) is 8.78 Å². The van der Waals surface area contributed by atoms with Gasteiger partial charge in [-0.25, -0.2) is 13.9 Å². The molecule has 0 saturated carbocycles. The van der Waals surface area contributed by atoms with Gasteiger partial charge in [-0.2, -0.15) is 4.39 Å². The monoisotopic (exact) mass is 295 g/mol. The van der Waals surface area contributed by atoms with Gasteiger partial charge in [-0.05, 0) is 19.1 Å². The zero-order valence-corrected chi connectivity index (χ0v) is 11.0. The Morgan fingerprint density at radius 1 is 1.30 bits per heavy atom. The Hall–Kier alpha value is -2.21. The topological polar surface area (TPSA) is 39.3 Å². The van der Waals surface area contributed by atoms with E-state index in [0.717, 1.165) is 15.0 Å². The molecule has 0 unspecified atom stereocenters. The van der Waals surface area contributed by atoms with E-state index in [4.69, 9.17) is 11.6 Å². The average molecular weight is 296 g/mol. The highest BCUT2D eigenvalue weighted by molar-refractivity contribution is 6.31. The Kier molecular flexibility index (Phi) is 2.83. The van der Waals surface area contributed by atoms with E-state index < -0.39 is 17.3 Å². The molecule has 0 aliphatic carbocycles. The number of fused-ring (bicyclic) bond motifs is 1. The number of halogens is 3. The van der Waals surface area contributed by atoms with E-state index in [1.54, 1.807) is 0 Å². The van der Waals surface area contributed by atoms with Crippen molar-refractivity contribution in [2.75, 3.05) is 0 Å². The van der Waals surface area contributed by atoms with E-state index in [-0.39, 0.29) is 22.1 Å². The molecule has 0 fully saturated rings. The molecule has 2 aromatic heterocycles. The standard InChI is InChI=1S/C13H8ClF2N3O/c1-7-8(14)2-3-9(12(7)16)19-11(20)6-10(15)18-5-4-17-13(18)19/h2-6H,1H3. The summed E-state index contributed by atoms with van der Waals surface area (Å²) in [5, 5.41) is 0.251. The third kappa shape index (κ3) is 1.72. The number of hydrogen-bond donors (Lipinski definition) is 0. The zero-order valence-electron chi connectivity index (χ0n) is 10.3. The van der Waals surface area contributed by atoms with Crippen LogP contribution in [0.1, 0.15) is 5.56 Å². The molecular weight excluding hydrogens is 288 g/mol. The zero-order chi connectivity index (χ0) is 14.4. The summed E-state index contributed by atoms with van der Waals surface area (Å²) in [5.41, 5.74) is -0.514. The molecule has 0 aliphatic heterocycles. The summed E-state index contributed by atoms with van der Waals surface area (Å²) < 4.78 is 30.0. The molecule has 1 aromatic carbocycles. The van der Waals surface area contributed by atoms with E-state index in [2.05, 4.69) is 4.98 Å². The molecule has 0 bridgehead atoms. The van der Waals surface area contributed by atoms with E-state index in [1.807, 2.05) is 0 Å². The second-order valence-electron chi connectivity index (χ2n) is 4.24. The van der Waals surface area contributed by atoms with E-state index in [1.165, 1.54) is 31.5 Å². The minimum absolute atomic E-state index is 0.00405. The van der Waals surface area contributed by atoms with Crippen molar-refractivity contribution in [2.45, 2.75) is 6.92 Å². The largest absolute Gasteiger partial charge is 0.269 e. The number of hydrogen-bond acceptors (Lipinski definition) is 2. The van der Waals surface area contributed by atoms with Crippen molar-refractivity contribution in [3.63, 3.8) is 0 Å². The van der Waals surface area contributed by atoms with Crippen molar-refractivity contribution in [2.24, 2.45) is 0 Å². The Morgan fingerprint density at radius 3 is 2.80 bits per heavy atom. The molecule has 7 heteroatoms. The lowest BCUT2D eigenvalue weighted by Gasteiger charge is -2.11. The fourth-order valence-corrected chi connectivity index (χ4v) is 2.15. The van der Waals surface area contributed by atoms with Crippen molar-refractivity contribution in [1.82, 2.24) is 14.0 Å². The molecule has 2 heterocycles. The first-order chi connectivity index (χ1) is 9.50. The first kappa shape index (κ1) is 12.8. The molecule has 3 rings (SSSR count).